The fourth-order valence-electron chi connectivity index (χ4n) is 2.86. The Labute approximate surface area is 160 Å². The van der Waals surface area contributed by atoms with E-state index in [4.69, 9.17) is 4.74 Å². The molecule has 0 spiro atoms. The van der Waals surface area contributed by atoms with Crippen LogP contribution in [0.5, 0.6) is 5.75 Å². The van der Waals surface area contributed by atoms with Gasteiger partial charge in [-0.3, -0.25) is 14.4 Å². The van der Waals surface area contributed by atoms with Gasteiger partial charge in [-0.25, -0.2) is 4.39 Å². The largest absolute Gasteiger partial charge is 0.492 e. The van der Waals surface area contributed by atoms with E-state index in [0.29, 0.717) is 17.9 Å². The Morgan fingerprint density at radius 2 is 2.00 bits per heavy atom. The minimum absolute atomic E-state index is 0.0588. The number of carbonyl (C=O) groups excluding carboxylic acids is 3. The number of nitrogens with one attached hydrogen (secondary N) is 2. The average Bonchev–Trinajstić information content (AvgIpc) is 2.71. The number of amides is 2. The molecular weight excluding hydrogens is 367 g/mol. The van der Waals surface area contributed by atoms with Crippen LogP contribution in [0.2, 0.25) is 0 Å². The summed E-state index contributed by atoms with van der Waals surface area (Å²) in [6.07, 6.45) is 0.381. The standard InChI is InChI=1S/C20H19FN2O5/c1-27-18(24)10-22-19(25)13-8-12-9-14(6-7-17(12)28-11-13)23-20(26)15-4-2-3-5-16(15)21/h2-7,9,13H,8,10-11H2,1H3,(H,22,25)(H,23,26)/t13-/m0/s1. The lowest BCUT2D eigenvalue weighted by molar-refractivity contribution is -0.141. The SMILES string of the molecule is COC(=O)CNC(=O)[C@@H]1COc2ccc(NC(=O)c3ccccc3F)cc2C1. The van der Waals surface area contributed by atoms with E-state index >= 15 is 0 Å². The second-order valence-corrected chi connectivity index (χ2v) is 6.26. The summed E-state index contributed by atoms with van der Waals surface area (Å²) in [6.45, 7) is -0.0294. The summed E-state index contributed by atoms with van der Waals surface area (Å²) in [7, 11) is 1.24. The summed E-state index contributed by atoms with van der Waals surface area (Å²) < 4.78 is 23.8. The highest BCUT2D eigenvalue weighted by Crippen LogP contribution is 2.30. The van der Waals surface area contributed by atoms with Crippen LogP contribution in [0.4, 0.5) is 10.1 Å². The summed E-state index contributed by atoms with van der Waals surface area (Å²) >= 11 is 0. The van der Waals surface area contributed by atoms with Gasteiger partial charge in [-0.15, -0.1) is 0 Å². The lowest BCUT2D eigenvalue weighted by atomic mass is 9.95. The Kier molecular flexibility index (Phi) is 5.88. The lowest BCUT2D eigenvalue weighted by Gasteiger charge is -2.25. The van der Waals surface area contributed by atoms with Gasteiger partial charge in [0.05, 0.1) is 18.6 Å². The topological polar surface area (TPSA) is 93.7 Å². The molecule has 1 atom stereocenters. The fraction of sp³-hybridized carbons (Fsp3) is 0.250. The summed E-state index contributed by atoms with van der Waals surface area (Å²) in [4.78, 5) is 35.6. The minimum Gasteiger partial charge on any atom is -0.492 e. The van der Waals surface area contributed by atoms with Crippen LogP contribution in [0.1, 0.15) is 15.9 Å². The van der Waals surface area contributed by atoms with Gasteiger partial charge >= 0.3 is 5.97 Å². The van der Waals surface area contributed by atoms with E-state index in [1.165, 1.54) is 25.3 Å². The summed E-state index contributed by atoms with van der Waals surface area (Å²) in [5.41, 5.74) is 1.14. The van der Waals surface area contributed by atoms with E-state index in [2.05, 4.69) is 15.4 Å². The van der Waals surface area contributed by atoms with Crippen LogP contribution < -0.4 is 15.4 Å². The molecule has 0 unspecified atom stereocenters. The molecule has 146 valence electrons. The molecule has 0 saturated heterocycles. The van der Waals surface area contributed by atoms with Gasteiger partial charge < -0.3 is 20.1 Å². The van der Waals surface area contributed by atoms with Crippen molar-refractivity contribution < 1.29 is 28.2 Å². The van der Waals surface area contributed by atoms with Crippen LogP contribution in [-0.2, 0) is 20.7 Å². The van der Waals surface area contributed by atoms with Crippen molar-refractivity contribution in [3.8, 4) is 5.75 Å². The van der Waals surface area contributed by atoms with Crippen LogP contribution in [0.15, 0.2) is 42.5 Å². The van der Waals surface area contributed by atoms with Crippen LogP contribution in [0.25, 0.3) is 0 Å². The maximum absolute atomic E-state index is 13.8. The molecule has 3 rings (SSSR count). The van der Waals surface area contributed by atoms with E-state index in [1.807, 2.05) is 0 Å². The van der Waals surface area contributed by atoms with Crippen molar-refractivity contribution in [2.75, 3.05) is 25.6 Å². The summed E-state index contributed by atoms with van der Waals surface area (Å²) in [5.74, 6) is -1.90. The van der Waals surface area contributed by atoms with Crippen LogP contribution in [-0.4, -0.2) is 38.0 Å². The van der Waals surface area contributed by atoms with E-state index < -0.39 is 23.6 Å². The van der Waals surface area contributed by atoms with E-state index in [0.717, 1.165) is 5.56 Å². The average molecular weight is 386 g/mol. The molecule has 2 amide bonds. The molecule has 2 N–H and O–H groups in total. The molecule has 2 aromatic carbocycles. The number of carbonyl (C=O) groups is 3. The van der Waals surface area contributed by atoms with Crippen molar-refractivity contribution in [2.24, 2.45) is 5.92 Å². The number of benzene rings is 2. The Hall–Kier alpha value is -3.42. The smallest absolute Gasteiger partial charge is 0.325 e. The second-order valence-electron chi connectivity index (χ2n) is 6.26. The first-order valence-electron chi connectivity index (χ1n) is 8.64. The molecule has 2 aromatic rings. The number of hydrogen-bond acceptors (Lipinski definition) is 5. The van der Waals surface area contributed by atoms with Crippen LogP contribution in [0, 0.1) is 11.7 Å². The Balaban J connectivity index is 1.67. The molecule has 7 nitrogen and oxygen atoms in total. The van der Waals surface area contributed by atoms with Gasteiger partial charge in [0.1, 0.15) is 24.7 Å². The minimum atomic E-state index is -0.608. The molecule has 1 aliphatic rings. The summed E-state index contributed by atoms with van der Waals surface area (Å²) in [6, 6.07) is 10.7. The zero-order chi connectivity index (χ0) is 20.1. The molecular formula is C20H19FN2O5. The molecule has 28 heavy (non-hydrogen) atoms. The molecule has 0 saturated carbocycles. The maximum Gasteiger partial charge on any atom is 0.325 e. The zero-order valence-electron chi connectivity index (χ0n) is 15.2. The van der Waals surface area contributed by atoms with Crippen molar-refractivity contribution in [3.63, 3.8) is 0 Å². The highest BCUT2D eigenvalue weighted by atomic mass is 19.1. The third kappa shape index (κ3) is 4.46. The van der Waals surface area contributed by atoms with Gasteiger partial charge in [0, 0.05) is 5.69 Å². The lowest BCUT2D eigenvalue weighted by Crippen LogP contribution is -2.39. The van der Waals surface area contributed by atoms with E-state index in [1.54, 1.807) is 24.3 Å². The monoisotopic (exact) mass is 386 g/mol. The Morgan fingerprint density at radius 1 is 1.21 bits per heavy atom. The second kappa shape index (κ2) is 8.51. The third-order valence-electron chi connectivity index (χ3n) is 4.35. The van der Waals surface area contributed by atoms with Crippen molar-refractivity contribution in [2.45, 2.75) is 6.42 Å². The molecule has 0 radical (unpaired) electrons. The molecule has 0 bridgehead atoms. The molecule has 1 heterocycles. The number of rotatable bonds is 5. The van der Waals surface area contributed by atoms with Gasteiger partial charge in [-0.05, 0) is 42.3 Å². The van der Waals surface area contributed by atoms with Crippen molar-refractivity contribution in [1.82, 2.24) is 5.32 Å². The van der Waals surface area contributed by atoms with Crippen LogP contribution >= 0.6 is 0 Å². The maximum atomic E-state index is 13.8. The predicted octanol–water partition coefficient (Wildman–Crippen LogP) is 1.92. The zero-order valence-corrected chi connectivity index (χ0v) is 15.2. The first-order valence-corrected chi connectivity index (χ1v) is 8.64. The Bertz CT molecular complexity index is 915. The van der Waals surface area contributed by atoms with Gasteiger partial charge in [0.25, 0.3) is 5.91 Å². The highest BCUT2D eigenvalue weighted by Gasteiger charge is 2.26. The number of hydrogen-bond donors (Lipinski definition) is 2. The quantitative estimate of drug-likeness (QED) is 0.766. The normalized spacial score (nSPS) is 15.0. The summed E-state index contributed by atoms with van der Waals surface area (Å²) in [5, 5.41) is 5.15. The number of anilines is 1. The molecule has 0 aliphatic carbocycles. The number of halogens is 1. The molecule has 8 heteroatoms. The number of esters is 1. The van der Waals surface area contributed by atoms with Gasteiger partial charge in [0.15, 0.2) is 0 Å². The van der Waals surface area contributed by atoms with Crippen molar-refractivity contribution in [3.05, 3.63) is 59.4 Å². The van der Waals surface area contributed by atoms with E-state index in [-0.39, 0.29) is 24.6 Å². The van der Waals surface area contributed by atoms with Gasteiger partial charge in [0.2, 0.25) is 5.91 Å². The van der Waals surface area contributed by atoms with Crippen LogP contribution in [0.3, 0.4) is 0 Å². The highest BCUT2D eigenvalue weighted by molar-refractivity contribution is 6.04. The fourth-order valence-corrected chi connectivity index (χ4v) is 2.86. The first-order chi connectivity index (χ1) is 13.5. The van der Waals surface area contributed by atoms with E-state index in [9.17, 15) is 18.8 Å². The molecule has 0 aromatic heterocycles. The van der Waals surface area contributed by atoms with Gasteiger partial charge in [-0.2, -0.15) is 0 Å². The first kappa shape index (κ1) is 19.3. The predicted molar refractivity (Wildman–Crippen MR) is 98.5 cm³/mol. The van der Waals surface area contributed by atoms with Crippen molar-refractivity contribution >= 4 is 23.5 Å². The number of methoxy groups -OCH3 is 1. The molecule has 1 aliphatic heterocycles. The van der Waals surface area contributed by atoms with Gasteiger partial charge in [-0.1, -0.05) is 12.1 Å². The Morgan fingerprint density at radius 3 is 2.75 bits per heavy atom. The number of fused-ring (bicyclic) bond motifs is 1. The third-order valence-corrected chi connectivity index (χ3v) is 4.35. The van der Waals surface area contributed by atoms with Crippen molar-refractivity contribution in [1.29, 1.82) is 0 Å². The number of ether oxygens (including phenoxy) is 2. The molecule has 0 fully saturated rings.